The Morgan fingerprint density at radius 3 is 2.54 bits per heavy atom. The van der Waals surface area contributed by atoms with Crippen LogP contribution in [0, 0.1) is 11.3 Å². The van der Waals surface area contributed by atoms with Crippen LogP contribution in [0.25, 0.3) is 33.4 Å². The molecule has 59 heavy (non-hydrogen) atoms. The lowest BCUT2D eigenvalue weighted by Gasteiger charge is -2.36. The Morgan fingerprint density at radius 2 is 1.85 bits per heavy atom. The summed E-state index contributed by atoms with van der Waals surface area (Å²) in [5.74, 6) is -1.28. The zero-order valence-corrected chi connectivity index (χ0v) is 38.5. The van der Waals surface area contributed by atoms with E-state index in [0.29, 0.717) is 56.7 Å². The highest BCUT2D eigenvalue weighted by Crippen LogP contribution is 2.42. The Bertz CT molecular complexity index is 2130. The number of thiazole rings is 1. The van der Waals surface area contributed by atoms with Crippen molar-refractivity contribution < 1.29 is 28.7 Å². The molecule has 0 saturated carbocycles. The van der Waals surface area contributed by atoms with E-state index in [0.717, 1.165) is 51.2 Å². The van der Waals surface area contributed by atoms with Crippen LogP contribution in [0.4, 0.5) is 0 Å². The van der Waals surface area contributed by atoms with Gasteiger partial charge >= 0.3 is 5.97 Å². The van der Waals surface area contributed by atoms with Gasteiger partial charge in [0, 0.05) is 91.6 Å². The lowest BCUT2D eigenvalue weighted by atomic mass is 9.84. The first-order chi connectivity index (χ1) is 26.9. The molecule has 3 amide bonds. The summed E-state index contributed by atoms with van der Waals surface area (Å²) in [6.45, 7) is 12.2. The molecule has 0 spiro atoms. The fraction of sp³-hybridized carbons (Fsp3) is 0.524. The van der Waals surface area contributed by atoms with Crippen LogP contribution in [-0.2, 0) is 48.0 Å². The number of nitrogens with zero attached hydrogens (tertiary/aromatic N) is 5. The molecule has 2 fully saturated rings. The highest BCUT2D eigenvalue weighted by atomic mass is 32.1. The van der Waals surface area contributed by atoms with Crippen LogP contribution in [0.5, 0.6) is 0 Å². The van der Waals surface area contributed by atoms with Gasteiger partial charge in [-0.25, -0.2) is 10.4 Å². The number of rotatable bonds is 6. The Morgan fingerprint density at radius 1 is 1.10 bits per heavy atom. The van der Waals surface area contributed by atoms with E-state index in [-0.39, 0.29) is 83.3 Å². The van der Waals surface area contributed by atoms with E-state index in [4.69, 9.17) is 19.4 Å². The maximum Gasteiger partial charge on any atom is 0.324 e. The molecule has 0 aliphatic carbocycles. The predicted octanol–water partition coefficient (Wildman–Crippen LogP) is 5.80. The first-order valence-corrected chi connectivity index (χ1v) is 20.6. The second-order valence-corrected chi connectivity index (χ2v) is 17.0. The molecule has 7 rings (SSSR count). The lowest BCUT2D eigenvalue weighted by Crippen LogP contribution is -2.61. The average Bonchev–Trinajstić information content (AvgIpc) is 3.80. The van der Waals surface area contributed by atoms with Crippen molar-refractivity contribution in [2.45, 2.75) is 97.9 Å². The van der Waals surface area contributed by atoms with Gasteiger partial charge in [0.1, 0.15) is 12.1 Å². The summed E-state index contributed by atoms with van der Waals surface area (Å²) in [6, 6.07) is 8.86. The number of nitrogens with one attached hydrogen (secondary N) is 2. The number of likely N-dealkylation sites (tertiary alicyclic amines) is 1. The zero-order chi connectivity index (χ0) is 39.7. The van der Waals surface area contributed by atoms with Gasteiger partial charge in [0.2, 0.25) is 11.8 Å². The van der Waals surface area contributed by atoms with E-state index in [1.807, 2.05) is 18.4 Å². The molecule has 2 saturated heterocycles. The Balaban J connectivity index is 0.00000256. The van der Waals surface area contributed by atoms with Gasteiger partial charge < -0.3 is 24.3 Å². The van der Waals surface area contributed by atoms with Crippen molar-refractivity contribution in [3.8, 4) is 22.5 Å². The molecule has 6 bridgehead atoms. The SMILES string of the molecule is CCn1c(-c2cccnc2[C@H](C)OC)c2c3cc(ccc31)-c1csc(n1)C[C@H](NC(=O)C1CCN(C(C)=O)CC1)C(=O)N1CCC[C@H](N1)C(=O)OCC(C)(C)C2.S.S.S. The number of fused-ring (bicyclic) bond motifs is 6. The topological polar surface area (TPSA) is 148 Å². The monoisotopic (exact) mass is 885 g/mol. The minimum absolute atomic E-state index is 0. The highest BCUT2D eigenvalue weighted by Gasteiger charge is 2.37. The molecule has 0 radical (unpaired) electrons. The Hall–Kier alpha value is -3.61. The number of pyridine rings is 1. The normalized spacial score (nSPS) is 20.3. The third-order valence-electron chi connectivity index (χ3n) is 11.5. The van der Waals surface area contributed by atoms with Crippen molar-refractivity contribution >= 4 is 86.4 Å². The number of esters is 1. The summed E-state index contributed by atoms with van der Waals surface area (Å²) in [7, 11) is 1.69. The largest absolute Gasteiger partial charge is 0.464 e. The fourth-order valence-corrected chi connectivity index (χ4v) is 9.16. The number of cyclic esters (lactones) is 1. The predicted molar refractivity (Wildman–Crippen MR) is 245 cm³/mol. The first-order valence-electron chi connectivity index (χ1n) is 19.8. The van der Waals surface area contributed by atoms with E-state index in [9.17, 15) is 19.2 Å². The van der Waals surface area contributed by atoms with Gasteiger partial charge in [-0.15, -0.1) is 11.3 Å². The smallest absolute Gasteiger partial charge is 0.324 e. The first kappa shape index (κ1) is 48.1. The van der Waals surface area contributed by atoms with Crippen LogP contribution in [0.2, 0.25) is 0 Å². The quantitative estimate of drug-likeness (QED) is 0.230. The van der Waals surface area contributed by atoms with Crippen molar-refractivity contribution in [3.05, 3.63) is 58.2 Å². The molecular formula is C42H59N7O6S4. The van der Waals surface area contributed by atoms with E-state index >= 15 is 0 Å². The van der Waals surface area contributed by atoms with Crippen LogP contribution in [-0.4, -0.2) is 93.6 Å². The summed E-state index contributed by atoms with van der Waals surface area (Å²) in [4.78, 5) is 65.1. The summed E-state index contributed by atoms with van der Waals surface area (Å²) >= 11 is 1.46. The molecular weight excluding hydrogens is 827 g/mol. The van der Waals surface area contributed by atoms with E-state index in [1.54, 1.807) is 18.2 Å². The number of methoxy groups -OCH3 is 1. The molecule has 6 heterocycles. The molecule has 3 aliphatic rings. The molecule has 322 valence electrons. The third kappa shape index (κ3) is 10.3. The molecule has 4 aromatic rings. The number of piperidine rings is 1. The number of carbonyl (C=O) groups excluding carboxylic acids is 4. The number of ether oxygens (including phenoxy) is 2. The summed E-state index contributed by atoms with van der Waals surface area (Å²) in [5, 5.41) is 8.32. The Kier molecular flexibility index (Phi) is 16.5. The maximum atomic E-state index is 14.2. The van der Waals surface area contributed by atoms with Crippen LogP contribution in [0.1, 0.15) is 82.7 Å². The number of carbonyl (C=O) groups is 4. The number of aryl methyl sites for hydroxylation is 1. The number of aromatic nitrogens is 3. The number of hydrogen-bond acceptors (Lipinski definition) is 10. The van der Waals surface area contributed by atoms with Crippen LogP contribution < -0.4 is 10.7 Å². The maximum absolute atomic E-state index is 14.2. The summed E-state index contributed by atoms with van der Waals surface area (Å²) in [5.41, 5.74) is 9.52. The number of hydrazine groups is 1. The van der Waals surface area contributed by atoms with Crippen molar-refractivity contribution in [3.63, 3.8) is 0 Å². The van der Waals surface area contributed by atoms with Gasteiger partial charge in [-0.3, -0.25) is 29.2 Å². The number of amides is 3. The van der Waals surface area contributed by atoms with Crippen LogP contribution >= 0.6 is 51.8 Å². The fourth-order valence-electron chi connectivity index (χ4n) is 8.31. The van der Waals surface area contributed by atoms with Crippen LogP contribution in [0.3, 0.4) is 0 Å². The number of hydrogen-bond donors (Lipinski definition) is 2. The van der Waals surface area contributed by atoms with E-state index in [2.05, 4.69) is 60.3 Å². The van der Waals surface area contributed by atoms with Gasteiger partial charge in [0.25, 0.3) is 5.91 Å². The number of benzene rings is 1. The zero-order valence-electron chi connectivity index (χ0n) is 34.7. The van der Waals surface area contributed by atoms with E-state index < -0.39 is 23.5 Å². The molecule has 0 unspecified atom stereocenters. The molecule has 13 nitrogen and oxygen atoms in total. The van der Waals surface area contributed by atoms with E-state index in [1.165, 1.54) is 23.3 Å². The van der Waals surface area contributed by atoms with Gasteiger partial charge in [0.05, 0.1) is 34.8 Å². The van der Waals surface area contributed by atoms with Crippen molar-refractivity contribution in [2.24, 2.45) is 11.3 Å². The van der Waals surface area contributed by atoms with Gasteiger partial charge in [-0.05, 0) is 75.8 Å². The van der Waals surface area contributed by atoms with Crippen molar-refractivity contribution in [1.29, 1.82) is 0 Å². The van der Waals surface area contributed by atoms with Crippen LogP contribution in [0.15, 0.2) is 41.9 Å². The molecule has 3 aromatic heterocycles. The molecule has 17 heteroatoms. The molecule has 3 aliphatic heterocycles. The Labute approximate surface area is 371 Å². The van der Waals surface area contributed by atoms with Crippen molar-refractivity contribution in [1.82, 2.24) is 35.2 Å². The second kappa shape index (κ2) is 20.3. The second-order valence-electron chi connectivity index (χ2n) is 16.1. The third-order valence-corrected chi connectivity index (χ3v) is 12.3. The standard InChI is InChI=1S/C42H53N7O6S.3H2S/c1-7-48-35-13-12-28-20-30(35)31(38(48)29-10-8-16-43-37(29)25(2)54-6)22-42(4,5)24-55-41(53)32-11-9-17-49(46-32)40(52)33(21-36-44-34(28)23-56-36)45-39(51)27-14-18-47(19-15-27)26(3)50;;;/h8,10,12-13,16,20,23,25,27,32-33,46H,7,9,11,14-15,17-19,21-22,24H2,1-6H3,(H,45,51);3*1H2/t25-,32-,33-;;;/m0.../s1. The summed E-state index contributed by atoms with van der Waals surface area (Å²) in [6.07, 6.45) is 4.53. The molecule has 3 atom stereocenters. The lowest BCUT2D eigenvalue weighted by molar-refractivity contribution is -0.155. The molecule has 1 aromatic carbocycles. The molecule has 2 N–H and O–H groups in total. The average molecular weight is 886 g/mol. The van der Waals surface area contributed by atoms with Gasteiger partial charge in [-0.1, -0.05) is 19.9 Å². The minimum atomic E-state index is -0.911. The summed E-state index contributed by atoms with van der Waals surface area (Å²) < 4.78 is 14.2. The highest BCUT2D eigenvalue weighted by molar-refractivity contribution is 7.59. The minimum Gasteiger partial charge on any atom is -0.464 e. The van der Waals surface area contributed by atoms with Crippen molar-refractivity contribution in [2.75, 3.05) is 33.4 Å². The van der Waals surface area contributed by atoms with Gasteiger partial charge in [-0.2, -0.15) is 40.5 Å². The van der Waals surface area contributed by atoms with Gasteiger partial charge in [0.15, 0.2) is 0 Å².